The third kappa shape index (κ3) is 2.37. The second-order valence-electron chi connectivity index (χ2n) is 4.99. The average molecular weight is 360 g/mol. The molecule has 1 aliphatic rings. The van der Waals surface area contributed by atoms with Crippen LogP contribution in [0.25, 0.3) is 6.08 Å². The second-order valence-corrected chi connectivity index (χ2v) is 6.07. The predicted octanol–water partition coefficient (Wildman–Crippen LogP) is 2.95. The minimum atomic E-state index is 0.374. The number of anilines is 2. The molecule has 2 unspecified atom stereocenters. The van der Waals surface area contributed by atoms with Gasteiger partial charge in [-0.05, 0) is 25.3 Å². The van der Waals surface area contributed by atoms with E-state index in [0.29, 0.717) is 12.0 Å². The van der Waals surface area contributed by atoms with E-state index in [2.05, 4.69) is 65.2 Å². The first kappa shape index (κ1) is 13.7. The maximum absolute atomic E-state index is 6.23. The lowest BCUT2D eigenvalue weighted by Gasteiger charge is -2.22. The van der Waals surface area contributed by atoms with Gasteiger partial charge < -0.3 is 10.6 Å². The molecule has 2 rings (SSSR count). The van der Waals surface area contributed by atoms with Gasteiger partial charge in [-0.15, -0.1) is 0 Å². The van der Waals surface area contributed by atoms with Crippen LogP contribution in [-0.4, -0.2) is 27.8 Å². The molecule has 0 saturated carbocycles. The molecule has 1 aliphatic heterocycles. The van der Waals surface area contributed by atoms with E-state index in [1.54, 1.807) is 0 Å². The standard InChI is InChI=1S/C13H21IN4/c1-9-5-6-11-12(15)13(16-18(11)10(9)2)17(3)8-4-7-14/h5-6,9-10H,4,7-8,15H2,1-3H3. The van der Waals surface area contributed by atoms with Crippen LogP contribution in [0.2, 0.25) is 0 Å². The minimum absolute atomic E-state index is 0.374. The van der Waals surface area contributed by atoms with Crippen LogP contribution in [0.15, 0.2) is 6.08 Å². The summed E-state index contributed by atoms with van der Waals surface area (Å²) in [5, 5.41) is 4.70. The molecule has 4 nitrogen and oxygen atoms in total. The Bertz CT molecular complexity index is 452. The molecule has 2 heterocycles. The number of nitrogens with two attached hydrogens (primary N) is 1. The van der Waals surface area contributed by atoms with Crippen LogP contribution in [0, 0.1) is 5.92 Å². The zero-order valence-electron chi connectivity index (χ0n) is 11.2. The van der Waals surface area contributed by atoms with Gasteiger partial charge >= 0.3 is 0 Å². The van der Waals surface area contributed by atoms with Gasteiger partial charge in [0.2, 0.25) is 0 Å². The van der Waals surface area contributed by atoms with Crippen LogP contribution in [0.4, 0.5) is 11.5 Å². The molecule has 5 heteroatoms. The van der Waals surface area contributed by atoms with Gasteiger partial charge in [0.05, 0.1) is 11.7 Å². The molecule has 2 N–H and O–H groups in total. The molecule has 0 spiro atoms. The van der Waals surface area contributed by atoms with Crippen molar-refractivity contribution in [2.24, 2.45) is 5.92 Å². The van der Waals surface area contributed by atoms with Crippen molar-refractivity contribution in [3.8, 4) is 0 Å². The Kier molecular flexibility index (Phi) is 4.19. The molecule has 0 saturated heterocycles. The summed E-state index contributed by atoms with van der Waals surface area (Å²) in [5.74, 6) is 1.42. The maximum Gasteiger partial charge on any atom is 0.174 e. The van der Waals surface area contributed by atoms with Gasteiger partial charge in [-0.1, -0.05) is 35.6 Å². The zero-order chi connectivity index (χ0) is 13.3. The maximum atomic E-state index is 6.23. The highest BCUT2D eigenvalue weighted by Crippen LogP contribution is 2.34. The van der Waals surface area contributed by atoms with Crippen molar-refractivity contribution in [3.05, 3.63) is 11.8 Å². The Hall–Kier alpha value is -0.720. The molecule has 100 valence electrons. The summed E-state index contributed by atoms with van der Waals surface area (Å²) in [4.78, 5) is 2.16. The summed E-state index contributed by atoms with van der Waals surface area (Å²) in [7, 11) is 2.06. The molecule has 0 aromatic carbocycles. The van der Waals surface area contributed by atoms with Crippen molar-refractivity contribution in [1.82, 2.24) is 9.78 Å². The topological polar surface area (TPSA) is 47.1 Å². The average Bonchev–Trinajstić information content (AvgIpc) is 2.69. The number of hydrogen-bond acceptors (Lipinski definition) is 3. The number of rotatable bonds is 4. The van der Waals surface area contributed by atoms with E-state index in [9.17, 15) is 0 Å². The van der Waals surface area contributed by atoms with Crippen molar-refractivity contribution in [2.45, 2.75) is 26.3 Å². The second kappa shape index (κ2) is 5.50. The van der Waals surface area contributed by atoms with Gasteiger partial charge in [0.1, 0.15) is 5.69 Å². The van der Waals surface area contributed by atoms with E-state index in [0.717, 1.165) is 34.6 Å². The van der Waals surface area contributed by atoms with Gasteiger partial charge in [0, 0.05) is 18.0 Å². The molecule has 1 aromatic rings. The fourth-order valence-electron chi connectivity index (χ4n) is 2.24. The van der Waals surface area contributed by atoms with Gasteiger partial charge in [0.25, 0.3) is 0 Å². The number of aromatic nitrogens is 2. The summed E-state index contributed by atoms with van der Waals surface area (Å²) in [6.07, 6.45) is 5.47. The Labute approximate surface area is 122 Å². The molecule has 1 aromatic heterocycles. The first-order valence-corrected chi connectivity index (χ1v) is 7.92. The van der Waals surface area contributed by atoms with E-state index in [-0.39, 0.29) is 0 Å². The third-order valence-electron chi connectivity index (χ3n) is 3.66. The highest BCUT2D eigenvalue weighted by Gasteiger charge is 2.24. The number of nitrogens with zero attached hydrogens (tertiary/aromatic N) is 3. The monoisotopic (exact) mass is 360 g/mol. The summed E-state index contributed by atoms with van der Waals surface area (Å²) in [5.41, 5.74) is 8.09. The van der Waals surface area contributed by atoms with E-state index in [4.69, 9.17) is 10.8 Å². The highest BCUT2D eigenvalue weighted by atomic mass is 127. The van der Waals surface area contributed by atoms with Crippen molar-refractivity contribution in [1.29, 1.82) is 0 Å². The van der Waals surface area contributed by atoms with E-state index in [1.807, 2.05) is 0 Å². The minimum Gasteiger partial charge on any atom is -0.394 e. The normalized spacial score (nSPS) is 22.0. The Morgan fingerprint density at radius 1 is 1.50 bits per heavy atom. The van der Waals surface area contributed by atoms with E-state index < -0.39 is 0 Å². The molecular formula is C13H21IN4. The summed E-state index contributed by atoms with van der Waals surface area (Å²) < 4.78 is 3.22. The largest absolute Gasteiger partial charge is 0.394 e. The van der Waals surface area contributed by atoms with Crippen molar-refractivity contribution < 1.29 is 0 Å². The Morgan fingerprint density at radius 3 is 2.89 bits per heavy atom. The van der Waals surface area contributed by atoms with Crippen LogP contribution in [0.3, 0.4) is 0 Å². The number of alkyl halides is 1. The quantitative estimate of drug-likeness (QED) is 0.664. The first-order chi connectivity index (χ1) is 8.56. The SMILES string of the molecule is CC1C=Cc2c(N)c(N(C)CCCI)nn2C1C. The lowest BCUT2D eigenvalue weighted by Crippen LogP contribution is -2.21. The summed E-state index contributed by atoms with van der Waals surface area (Å²) in [6.45, 7) is 5.40. The lowest BCUT2D eigenvalue weighted by atomic mass is 9.99. The Morgan fingerprint density at radius 2 is 2.22 bits per heavy atom. The number of halogens is 1. The third-order valence-corrected chi connectivity index (χ3v) is 4.42. The van der Waals surface area contributed by atoms with Crippen molar-refractivity contribution in [3.63, 3.8) is 0 Å². The molecule has 2 atom stereocenters. The molecule has 18 heavy (non-hydrogen) atoms. The van der Waals surface area contributed by atoms with Crippen molar-refractivity contribution >= 4 is 40.2 Å². The fourth-order valence-corrected chi connectivity index (χ4v) is 2.58. The zero-order valence-corrected chi connectivity index (χ0v) is 13.4. The summed E-state index contributed by atoms with van der Waals surface area (Å²) >= 11 is 2.40. The van der Waals surface area contributed by atoms with Gasteiger partial charge in [0.15, 0.2) is 5.82 Å². The van der Waals surface area contributed by atoms with Crippen LogP contribution < -0.4 is 10.6 Å². The van der Waals surface area contributed by atoms with Crippen LogP contribution >= 0.6 is 22.6 Å². The van der Waals surface area contributed by atoms with E-state index >= 15 is 0 Å². The number of hydrogen-bond donors (Lipinski definition) is 1. The smallest absolute Gasteiger partial charge is 0.174 e. The predicted molar refractivity (Wildman–Crippen MR) is 86.3 cm³/mol. The molecule has 0 aliphatic carbocycles. The number of nitrogen functional groups attached to an aromatic ring is 1. The summed E-state index contributed by atoms with van der Waals surface area (Å²) in [6, 6.07) is 0.374. The molecule has 0 amide bonds. The molecular weight excluding hydrogens is 339 g/mol. The van der Waals surface area contributed by atoms with Crippen LogP contribution in [-0.2, 0) is 0 Å². The fraction of sp³-hybridized carbons (Fsp3) is 0.615. The number of allylic oxidation sites excluding steroid dienone is 1. The molecule has 0 fully saturated rings. The van der Waals surface area contributed by atoms with Gasteiger partial charge in [-0.2, -0.15) is 5.10 Å². The first-order valence-electron chi connectivity index (χ1n) is 6.39. The van der Waals surface area contributed by atoms with Crippen molar-refractivity contribution in [2.75, 3.05) is 28.7 Å². The number of fused-ring (bicyclic) bond motifs is 1. The molecule has 0 radical (unpaired) electrons. The Balaban J connectivity index is 2.30. The molecule has 0 bridgehead atoms. The van der Waals surface area contributed by atoms with Gasteiger partial charge in [-0.25, -0.2) is 0 Å². The van der Waals surface area contributed by atoms with E-state index in [1.165, 1.54) is 0 Å². The van der Waals surface area contributed by atoms with Crippen LogP contribution in [0.1, 0.15) is 32.0 Å². The lowest BCUT2D eigenvalue weighted by molar-refractivity contribution is 0.396. The van der Waals surface area contributed by atoms with Gasteiger partial charge in [-0.3, -0.25) is 4.68 Å². The van der Waals surface area contributed by atoms with Crippen LogP contribution in [0.5, 0.6) is 0 Å². The highest BCUT2D eigenvalue weighted by molar-refractivity contribution is 14.1.